The highest BCUT2D eigenvalue weighted by Gasteiger charge is 2.34. The zero-order chi connectivity index (χ0) is 17.4. The van der Waals surface area contributed by atoms with E-state index in [2.05, 4.69) is 0 Å². The third kappa shape index (κ3) is 3.96. The average molecular weight is 345 g/mol. The number of anilines is 1. The lowest BCUT2D eigenvalue weighted by Crippen LogP contribution is -2.50. The van der Waals surface area contributed by atoms with Crippen LogP contribution < -0.4 is 10.0 Å². The molecule has 9 nitrogen and oxygen atoms in total. The van der Waals surface area contributed by atoms with Gasteiger partial charge in [0.25, 0.3) is 5.69 Å². The molecule has 2 N–H and O–H groups in total. The Morgan fingerprint density at radius 3 is 2.61 bits per heavy atom. The molecule has 1 aromatic rings. The van der Waals surface area contributed by atoms with E-state index in [9.17, 15) is 18.5 Å². The van der Waals surface area contributed by atoms with Crippen molar-refractivity contribution in [3.8, 4) is 0 Å². The molecule has 0 aliphatic carbocycles. The van der Waals surface area contributed by atoms with E-state index >= 15 is 0 Å². The lowest BCUT2D eigenvalue weighted by Gasteiger charge is -2.40. The number of hydrogen-bond donors (Lipinski definition) is 1. The van der Waals surface area contributed by atoms with Crippen molar-refractivity contribution in [2.45, 2.75) is 30.6 Å². The second-order valence-electron chi connectivity index (χ2n) is 5.91. The standard InChI is InChI=1S/C13H19N3O6S/c1-13(2)8-21-7-12(22-13)15(3)10-5-4-9(23(14,19)20)6-11(10)16(17)18/h4-6,12H,7-8H2,1-3H3,(H2,14,19,20). The molecule has 23 heavy (non-hydrogen) atoms. The maximum Gasteiger partial charge on any atom is 0.293 e. The molecule has 1 saturated heterocycles. The van der Waals surface area contributed by atoms with E-state index in [-0.39, 0.29) is 22.9 Å². The predicted octanol–water partition coefficient (Wildman–Crippen LogP) is 0.830. The van der Waals surface area contributed by atoms with E-state index in [0.29, 0.717) is 6.61 Å². The van der Waals surface area contributed by atoms with Gasteiger partial charge in [0.2, 0.25) is 10.0 Å². The summed E-state index contributed by atoms with van der Waals surface area (Å²) in [7, 11) is -2.40. The first-order chi connectivity index (χ1) is 10.5. The monoisotopic (exact) mass is 345 g/mol. The molecule has 1 heterocycles. The summed E-state index contributed by atoms with van der Waals surface area (Å²) in [4.78, 5) is 11.9. The first kappa shape index (κ1) is 17.6. The Morgan fingerprint density at radius 1 is 1.43 bits per heavy atom. The van der Waals surface area contributed by atoms with Crippen LogP contribution >= 0.6 is 0 Å². The van der Waals surface area contributed by atoms with Crippen molar-refractivity contribution < 1.29 is 22.8 Å². The molecule has 0 spiro atoms. The fourth-order valence-corrected chi connectivity index (χ4v) is 2.85. The molecule has 0 aromatic heterocycles. The van der Waals surface area contributed by atoms with Crippen LogP contribution in [0.25, 0.3) is 0 Å². The minimum absolute atomic E-state index is 0.216. The predicted molar refractivity (Wildman–Crippen MR) is 82.6 cm³/mol. The summed E-state index contributed by atoms with van der Waals surface area (Å²) in [6.07, 6.45) is -0.530. The first-order valence-electron chi connectivity index (χ1n) is 6.81. The molecule has 1 unspecified atom stereocenters. The van der Waals surface area contributed by atoms with Crippen LogP contribution in [0, 0.1) is 10.1 Å². The van der Waals surface area contributed by atoms with Crippen molar-refractivity contribution in [1.29, 1.82) is 0 Å². The highest BCUT2D eigenvalue weighted by molar-refractivity contribution is 7.89. The number of rotatable bonds is 4. The van der Waals surface area contributed by atoms with Gasteiger partial charge in [-0.05, 0) is 26.0 Å². The molecule has 2 rings (SSSR count). The summed E-state index contributed by atoms with van der Waals surface area (Å²) in [6.45, 7) is 4.37. The zero-order valence-electron chi connectivity index (χ0n) is 13.1. The molecule has 1 aliphatic rings. The minimum Gasteiger partial charge on any atom is -0.374 e. The maximum absolute atomic E-state index is 11.4. The van der Waals surface area contributed by atoms with Crippen LogP contribution in [0.1, 0.15) is 13.8 Å². The summed E-state index contributed by atoms with van der Waals surface area (Å²) < 4.78 is 34.1. The Balaban J connectivity index is 2.40. The average Bonchev–Trinajstić information content (AvgIpc) is 2.43. The quantitative estimate of drug-likeness (QED) is 0.633. The molecular formula is C13H19N3O6S. The molecule has 1 aliphatic heterocycles. The summed E-state index contributed by atoms with van der Waals surface area (Å²) in [5.41, 5.74) is -0.674. The van der Waals surface area contributed by atoms with Gasteiger partial charge in [-0.15, -0.1) is 0 Å². The van der Waals surface area contributed by atoms with Gasteiger partial charge in [-0.25, -0.2) is 13.6 Å². The van der Waals surface area contributed by atoms with Gasteiger partial charge < -0.3 is 14.4 Å². The smallest absolute Gasteiger partial charge is 0.293 e. The highest BCUT2D eigenvalue weighted by atomic mass is 32.2. The van der Waals surface area contributed by atoms with Crippen molar-refractivity contribution in [2.75, 3.05) is 25.2 Å². The molecule has 10 heteroatoms. The largest absolute Gasteiger partial charge is 0.374 e. The van der Waals surface area contributed by atoms with Crippen LogP contribution in [0.3, 0.4) is 0 Å². The number of primary sulfonamides is 1. The molecule has 1 atom stereocenters. The molecule has 0 saturated carbocycles. The Kier molecular flexibility index (Phi) is 4.62. The van der Waals surface area contributed by atoms with Crippen LogP contribution in [0.5, 0.6) is 0 Å². The van der Waals surface area contributed by atoms with Crippen LogP contribution in [-0.4, -0.2) is 45.4 Å². The van der Waals surface area contributed by atoms with E-state index in [0.717, 1.165) is 6.07 Å². The van der Waals surface area contributed by atoms with Crippen molar-refractivity contribution >= 4 is 21.4 Å². The lowest BCUT2D eigenvalue weighted by atomic mass is 10.1. The highest BCUT2D eigenvalue weighted by Crippen LogP contribution is 2.33. The molecule has 0 amide bonds. The van der Waals surface area contributed by atoms with Crippen LogP contribution in [0.15, 0.2) is 23.1 Å². The first-order valence-corrected chi connectivity index (χ1v) is 8.35. The minimum atomic E-state index is -4.02. The maximum atomic E-state index is 11.4. The molecule has 128 valence electrons. The van der Waals surface area contributed by atoms with Crippen molar-refractivity contribution in [1.82, 2.24) is 0 Å². The molecule has 1 fully saturated rings. The number of sulfonamides is 1. The lowest BCUT2D eigenvalue weighted by molar-refractivity contribution is -0.384. The number of nitro groups is 1. The van der Waals surface area contributed by atoms with Crippen LogP contribution in [0.2, 0.25) is 0 Å². The Bertz CT molecular complexity index is 718. The fourth-order valence-electron chi connectivity index (χ4n) is 2.31. The molecule has 0 radical (unpaired) electrons. The number of hydrogen-bond acceptors (Lipinski definition) is 7. The second kappa shape index (κ2) is 6.04. The Hall–Kier alpha value is -1.75. The van der Waals surface area contributed by atoms with Gasteiger partial charge in [-0.1, -0.05) is 0 Å². The van der Waals surface area contributed by atoms with Gasteiger partial charge in [0.05, 0.1) is 28.6 Å². The van der Waals surface area contributed by atoms with Gasteiger partial charge in [0, 0.05) is 13.1 Å². The van der Waals surface area contributed by atoms with Gasteiger partial charge in [0.15, 0.2) is 6.23 Å². The second-order valence-corrected chi connectivity index (χ2v) is 7.47. The number of ether oxygens (including phenoxy) is 2. The summed E-state index contributed by atoms with van der Waals surface area (Å²) in [5.74, 6) is 0. The van der Waals surface area contributed by atoms with E-state index in [4.69, 9.17) is 14.6 Å². The molecule has 0 bridgehead atoms. The number of nitrogens with two attached hydrogens (primary N) is 1. The summed E-state index contributed by atoms with van der Waals surface area (Å²) >= 11 is 0. The van der Waals surface area contributed by atoms with Gasteiger partial charge in [-0.3, -0.25) is 10.1 Å². The van der Waals surface area contributed by atoms with Crippen LogP contribution in [0.4, 0.5) is 11.4 Å². The Labute approximate surface area is 134 Å². The third-order valence-corrected chi connectivity index (χ3v) is 4.36. The number of nitro benzene ring substituents is 1. The van der Waals surface area contributed by atoms with Crippen molar-refractivity contribution in [3.05, 3.63) is 28.3 Å². The zero-order valence-corrected chi connectivity index (χ0v) is 13.9. The number of benzene rings is 1. The van der Waals surface area contributed by atoms with Gasteiger partial charge in [0.1, 0.15) is 5.69 Å². The SMILES string of the molecule is CN(c1ccc(S(N)(=O)=O)cc1[N+](=O)[O-])C1COCC(C)(C)O1. The van der Waals surface area contributed by atoms with E-state index in [1.807, 2.05) is 13.8 Å². The van der Waals surface area contributed by atoms with Crippen LogP contribution in [-0.2, 0) is 19.5 Å². The van der Waals surface area contributed by atoms with Crippen molar-refractivity contribution in [3.63, 3.8) is 0 Å². The molecule has 1 aromatic carbocycles. The van der Waals surface area contributed by atoms with Gasteiger partial charge in [-0.2, -0.15) is 0 Å². The van der Waals surface area contributed by atoms with E-state index < -0.39 is 26.8 Å². The summed E-state index contributed by atoms with van der Waals surface area (Å²) in [5, 5.41) is 16.3. The molecular weight excluding hydrogens is 326 g/mol. The topological polar surface area (TPSA) is 125 Å². The number of likely N-dealkylation sites (N-methyl/N-ethyl adjacent to an activating group) is 1. The van der Waals surface area contributed by atoms with Gasteiger partial charge >= 0.3 is 0 Å². The van der Waals surface area contributed by atoms with Crippen molar-refractivity contribution in [2.24, 2.45) is 5.14 Å². The fraction of sp³-hybridized carbons (Fsp3) is 0.538. The Morgan fingerprint density at radius 2 is 2.09 bits per heavy atom. The summed E-state index contributed by atoms with van der Waals surface area (Å²) in [6, 6.07) is 3.50. The van der Waals surface area contributed by atoms with E-state index in [1.54, 1.807) is 11.9 Å². The number of nitrogens with zero attached hydrogens (tertiary/aromatic N) is 2. The normalized spacial score (nSPS) is 21.0. The third-order valence-electron chi connectivity index (χ3n) is 3.45. The van der Waals surface area contributed by atoms with E-state index in [1.165, 1.54) is 12.1 Å².